The Hall–Kier alpha value is -0.440. The Morgan fingerprint density at radius 2 is 1.39 bits per heavy atom. The number of hydrogen-bond acceptors (Lipinski definition) is 11. The highest BCUT2D eigenvalue weighted by Gasteiger charge is 2.58. The smallest absolute Gasteiger partial charge is 0.224 e. The molecule has 2 saturated heterocycles. The molecule has 0 aromatic rings. The molecule has 8 N–H and O–H groups in total. The van der Waals surface area contributed by atoms with Crippen LogP contribution >= 0.6 is 0 Å². The average molecular weight is 342 g/mol. The normalized spacial score (nSPS) is 51.1. The molecule has 0 aliphatic carbocycles. The zero-order valence-corrected chi connectivity index (χ0v) is 12.0. The molecule has 2 aliphatic rings. The van der Waals surface area contributed by atoms with E-state index < -0.39 is 74.6 Å². The van der Waals surface area contributed by atoms with E-state index in [0.29, 0.717) is 0 Å². The zero-order valence-electron chi connectivity index (χ0n) is 12.0. The lowest BCUT2D eigenvalue weighted by Crippen LogP contribution is -2.62. The van der Waals surface area contributed by atoms with Gasteiger partial charge in [-0.25, -0.2) is 0 Å². The number of hydrogen-bond donors (Lipinski definition) is 8. The maximum atomic E-state index is 10.00. The Balaban J connectivity index is 2.18. The van der Waals surface area contributed by atoms with Crippen LogP contribution in [-0.2, 0) is 14.2 Å². The van der Waals surface area contributed by atoms with Crippen molar-refractivity contribution >= 4 is 0 Å². The molecule has 0 unspecified atom stereocenters. The second kappa shape index (κ2) is 7.21. The molecule has 0 saturated carbocycles. The van der Waals surface area contributed by atoms with Gasteiger partial charge in [0, 0.05) is 0 Å². The van der Waals surface area contributed by atoms with Crippen molar-refractivity contribution in [2.75, 3.05) is 19.8 Å². The standard InChI is InChI=1S/C12H22O11/c13-1-4-6(16)8(18)9(19)11(21-4)23-12(3-15)10(20)7(17)5(2-14)22-12/h4-11,13-20H,1-3H2/t4-,5-,6+,7-,8+,9-,10-,11-,12+/m1/s1. The van der Waals surface area contributed by atoms with Gasteiger partial charge in [-0.15, -0.1) is 0 Å². The summed E-state index contributed by atoms with van der Waals surface area (Å²) >= 11 is 0. The first-order valence-electron chi connectivity index (χ1n) is 7.05. The second-order valence-corrected chi connectivity index (χ2v) is 5.56. The van der Waals surface area contributed by atoms with E-state index in [-0.39, 0.29) is 0 Å². The summed E-state index contributed by atoms with van der Waals surface area (Å²) in [7, 11) is 0. The van der Waals surface area contributed by atoms with Gasteiger partial charge in [-0.1, -0.05) is 0 Å². The molecular formula is C12H22O11. The molecule has 0 aromatic heterocycles. The van der Waals surface area contributed by atoms with Crippen molar-refractivity contribution in [3.63, 3.8) is 0 Å². The molecule has 136 valence electrons. The minimum atomic E-state index is -2.22. The number of rotatable bonds is 5. The van der Waals surface area contributed by atoms with E-state index in [1.54, 1.807) is 0 Å². The summed E-state index contributed by atoms with van der Waals surface area (Å²) in [6, 6.07) is 0. The summed E-state index contributed by atoms with van der Waals surface area (Å²) in [5, 5.41) is 76.7. The van der Waals surface area contributed by atoms with Crippen LogP contribution in [0.2, 0.25) is 0 Å². The van der Waals surface area contributed by atoms with Gasteiger partial charge in [-0.05, 0) is 0 Å². The first-order valence-corrected chi connectivity index (χ1v) is 7.05. The van der Waals surface area contributed by atoms with Crippen LogP contribution in [0.4, 0.5) is 0 Å². The van der Waals surface area contributed by atoms with E-state index in [2.05, 4.69) is 0 Å². The second-order valence-electron chi connectivity index (χ2n) is 5.56. The van der Waals surface area contributed by atoms with Crippen molar-refractivity contribution in [1.29, 1.82) is 0 Å². The monoisotopic (exact) mass is 342 g/mol. The van der Waals surface area contributed by atoms with Gasteiger partial charge in [0.1, 0.15) is 49.3 Å². The predicted octanol–water partition coefficient (Wildman–Crippen LogP) is -5.40. The molecule has 2 fully saturated rings. The van der Waals surface area contributed by atoms with Crippen LogP contribution in [0, 0.1) is 0 Å². The zero-order chi connectivity index (χ0) is 17.4. The van der Waals surface area contributed by atoms with E-state index in [0.717, 1.165) is 0 Å². The van der Waals surface area contributed by atoms with Crippen LogP contribution in [0.3, 0.4) is 0 Å². The Morgan fingerprint density at radius 1 is 0.783 bits per heavy atom. The fourth-order valence-corrected chi connectivity index (χ4v) is 2.63. The highest BCUT2D eigenvalue weighted by molar-refractivity contribution is 4.98. The van der Waals surface area contributed by atoms with Gasteiger partial charge in [-0.3, -0.25) is 0 Å². The maximum Gasteiger partial charge on any atom is 0.224 e. The Labute approximate surface area is 130 Å². The summed E-state index contributed by atoms with van der Waals surface area (Å²) in [6.45, 7) is -2.32. The van der Waals surface area contributed by atoms with Crippen LogP contribution in [0.25, 0.3) is 0 Å². The molecule has 0 bridgehead atoms. The topological polar surface area (TPSA) is 190 Å². The lowest BCUT2D eigenvalue weighted by atomic mass is 9.99. The van der Waals surface area contributed by atoms with Gasteiger partial charge in [-0.2, -0.15) is 0 Å². The van der Waals surface area contributed by atoms with Crippen molar-refractivity contribution in [2.45, 2.75) is 54.8 Å². The third-order valence-corrected chi connectivity index (χ3v) is 4.07. The molecule has 11 heteroatoms. The molecule has 2 heterocycles. The molecule has 0 radical (unpaired) electrons. The van der Waals surface area contributed by atoms with Crippen molar-refractivity contribution in [2.24, 2.45) is 0 Å². The van der Waals surface area contributed by atoms with E-state index >= 15 is 0 Å². The first-order chi connectivity index (χ1) is 10.8. The summed E-state index contributed by atoms with van der Waals surface area (Å²) in [4.78, 5) is 0. The molecule has 0 aromatic carbocycles. The van der Waals surface area contributed by atoms with Gasteiger partial charge in [0.05, 0.1) is 13.2 Å². The molecule has 11 nitrogen and oxygen atoms in total. The minimum Gasteiger partial charge on any atom is -0.394 e. The van der Waals surface area contributed by atoms with Crippen LogP contribution in [0.1, 0.15) is 0 Å². The van der Waals surface area contributed by atoms with Crippen molar-refractivity contribution < 1.29 is 55.1 Å². The Morgan fingerprint density at radius 3 is 1.87 bits per heavy atom. The highest BCUT2D eigenvalue weighted by atomic mass is 16.8. The third kappa shape index (κ3) is 3.23. The van der Waals surface area contributed by atoms with Crippen molar-refractivity contribution in [3.8, 4) is 0 Å². The van der Waals surface area contributed by atoms with E-state index in [1.807, 2.05) is 0 Å². The van der Waals surface area contributed by atoms with Gasteiger partial charge in [0.15, 0.2) is 6.29 Å². The largest absolute Gasteiger partial charge is 0.394 e. The van der Waals surface area contributed by atoms with Gasteiger partial charge < -0.3 is 55.1 Å². The maximum absolute atomic E-state index is 10.00. The summed E-state index contributed by atoms with van der Waals surface area (Å²) < 4.78 is 15.4. The summed E-state index contributed by atoms with van der Waals surface area (Å²) in [6.07, 6.45) is -12.7. The molecular weight excluding hydrogens is 320 g/mol. The Kier molecular flexibility index (Phi) is 5.92. The predicted molar refractivity (Wildman–Crippen MR) is 68.6 cm³/mol. The summed E-state index contributed by atoms with van der Waals surface area (Å²) in [5.41, 5.74) is 0. The van der Waals surface area contributed by atoms with E-state index in [4.69, 9.17) is 24.4 Å². The van der Waals surface area contributed by atoms with Crippen molar-refractivity contribution in [1.82, 2.24) is 0 Å². The lowest BCUT2D eigenvalue weighted by Gasteiger charge is -2.43. The number of aliphatic hydroxyl groups is 8. The third-order valence-electron chi connectivity index (χ3n) is 4.07. The van der Waals surface area contributed by atoms with Crippen LogP contribution in [0.5, 0.6) is 0 Å². The van der Waals surface area contributed by atoms with Crippen LogP contribution in [0.15, 0.2) is 0 Å². The van der Waals surface area contributed by atoms with Gasteiger partial charge >= 0.3 is 0 Å². The van der Waals surface area contributed by atoms with E-state index in [9.17, 15) is 30.6 Å². The molecule has 23 heavy (non-hydrogen) atoms. The summed E-state index contributed by atoms with van der Waals surface area (Å²) in [5.74, 6) is -2.22. The molecule has 0 amide bonds. The molecule has 9 atom stereocenters. The fourth-order valence-electron chi connectivity index (χ4n) is 2.63. The van der Waals surface area contributed by atoms with Crippen molar-refractivity contribution in [3.05, 3.63) is 0 Å². The fraction of sp³-hybridized carbons (Fsp3) is 1.00. The highest BCUT2D eigenvalue weighted by Crippen LogP contribution is 2.35. The van der Waals surface area contributed by atoms with Gasteiger partial charge in [0.25, 0.3) is 0 Å². The van der Waals surface area contributed by atoms with Crippen LogP contribution < -0.4 is 0 Å². The first kappa shape index (κ1) is 18.9. The lowest BCUT2D eigenvalue weighted by molar-refractivity contribution is -0.383. The average Bonchev–Trinajstić information content (AvgIpc) is 2.80. The number of ether oxygens (including phenoxy) is 3. The quantitative estimate of drug-likeness (QED) is 0.238. The van der Waals surface area contributed by atoms with Gasteiger partial charge in [0.2, 0.25) is 5.79 Å². The molecule has 2 rings (SSSR count). The van der Waals surface area contributed by atoms with Crippen LogP contribution in [-0.4, -0.2) is 115 Å². The minimum absolute atomic E-state index is 0.669. The number of aliphatic hydroxyl groups excluding tert-OH is 8. The SMILES string of the molecule is OC[C@H]1O[C@H](O[C@]2(CO)O[C@H](CO)[C@@H](O)[C@H]2O)[C@H](O)[C@@H](O)[C@H]1O. The molecule has 0 spiro atoms. The molecule has 2 aliphatic heterocycles. The Bertz CT molecular complexity index is 393. The van der Waals surface area contributed by atoms with E-state index in [1.165, 1.54) is 0 Å².